The smallest absolute Gasteiger partial charge is 0.410 e. The number of hydrogen-bond donors (Lipinski definition) is 2. The number of nitrogens with one attached hydrogen (secondary N) is 2. The lowest BCUT2D eigenvalue weighted by Crippen LogP contribution is -2.42. The van der Waals surface area contributed by atoms with Gasteiger partial charge in [-0.15, -0.1) is 11.3 Å². The van der Waals surface area contributed by atoms with Crippen LogP contribution in [-0.4, -0.2) is 54.7 Å². The Morgan fingerprint density at radius 3 is 2.60 bits per heavy atom. The average molecular weight is 370 g/mol. The molecule has 7 nitrogen and oxygen atoms in total. The van der Waals surface area contributed by atoms with E-state index in [1.165, 1.54) is 0 Å². The molecule has 1 amide bonds. The van der Waals surface area contributed by atoms with Crippen molar-refractivity contribution in [3.05, 3.63) is 16.1 Å². The van der Waals surface area contributed by atoms with E-state index < -0.39 is 5.60 Å². The molecule has 0 radical (unpaired) electrons. The van der Waals surface area contributed by atoms with Crippen LogP contribution in [0.5, 0.6) is 0 Å². The maximum absolute atomic E-state index is 11.9. The molecular weight excluding hydrogens is 338 g/mol. The first kappa shape index (κ1) is 21.2. The molecule has 2 N–H and O–H groups in total. The summed E-state index contributed by atoms with van der Waals surface area (Å²) < 4.78 is 5.32. The number of hydrogen-bond acceptors (Lipinski definition) is 5. The van der Waals surface area contributed by atoms with Gasteiger partial charge in [-0.2, -0.15) is 0 Å². The van der Waals surface area contributed by atoms with Crippen molar-refractivity contribution in [2.45, 2.75) is 52.7 Å². The van der Waals surface area contributed by atoms with Crippen LogP contribution in [0.25, 0.3) is 0 Å². The molecule has 8 heteroatoms. The van der Waals surface area contributed by atoms with Gasteiger partial charge in [0, 0.05) is 32.6 Å². The van der Waals surface area contributed by atoms with Crippen LogP contribution >= 0.6 is 11.3 Å². The minimum atomic E-state index is -0.487. The first-order chi connectivity index (χ1) is 11.6. The third kappa shape index (κ3) is 8.20. The number of carbonyl (C=O) groups excluding carboxylic acids is 1. The molecule has 1 aromatic rings. The fourth-order valence-electron chi connectivity index (χ4n) is 1.82. The molecule has 0 unspecified atom stereocenters. The first-order valence-corrected chi connectivity index (χ1v) is 9.33. The summed E-state index contributed by atoms with van der Waals surface area (Å²) in [7, 11) is 3.43. The molecule has 1 aromatic heterocycles. The molecule has 0 saturated heterocycles. The molecule has 0 aromatic carbocycles. The van der Waals surface area contributed by atoms with Crippen molar-refractivity contribution >= 4 is 23.4 Å². The largest absolute Gasteiger partial charge is 0.444 e. The first-order valence-electron chi connectivity index (χ1n) is 8.45. The van der Waals surface area contributed by atoms with Gasteiger partial charge in [-0.25, -0.2) is 9.78 Å². The molecule has 0 spiro atoms. The van der Waals surface area contributed by atoms with Crippen LogP contribution in [0.1, 0.15) is 51.2 Å². The number of carbonyl (C=O) groups is 1. The number of amides is 1. The number of guanidine groups is 1. The molecule has 0 aliphatic carbocycles. The summed E-state index contributed by atoms with van der Waals surface area (Å²) in [6, 6.07) is 0. The summed E-state index contributed by atoms with van der Waals surface area (Å²) in [4.78, 5) is 22.2. The number of nitrogens with zero attached hydrogens (tertiary/aromatic N) is 3. The molecule has 0 aliphatic rings. The van der Waals surface area contributed by atoms with Gasteiger partial charge < -0.3 is 20.3 Å². The fourth-order valence-corrected chi connectivity index (χ4v) is 2.72. The minimum Gasteiger partial charge on any atom is -0.444 e. The molecular formula is C17H31N5O2S. The predicted molar refractivity (Wildman–Crippen MR) is 103 cm³/mol. The standard InChI is InChI=1S/C17H31N5O2S/c1-12(2)13-11-25-14(21-13)10-20-15(18-6)19-8-9-22(7)16(23)24-17(3,4)5/h11-12H,8-10H2,1-7H3,(H2,18,19,20). The monoisotopic (exact) mass is 369 g/mol. The zero-order valence-corrected chi connectivity index (χ0v) is 17.2. The Kier molecular flexibility index (Phi) is 8.15. The quantitative estimate of drug-likeness (QED) is 0.595. The summed E-state index contributed by atoms with van der Waals surface area (Å²) >= 11 is 1.64. The van der Waals surface area contributed by atoms with Crippen LogP contribution in [0.15, 0.2) is 10.4 Å². The fraction of sp³-hybridized carbons (Fsp3) is 0.706. The maximum atomic E-state index is 11.9. The third-order valence-corrected chi connectivity index (χ3v) is 4.10. The van der Waals surface area contributed by atoms with E-state index in [0.29, 0.717) is 31.5 Å². The van der Waals surface area contributed by atoms with E-state index in [4.69, 9.17) is 4.74 Å². The average Bonchev–Trinajstić information content (AvgIpc) is 2.97. The minimum absolute atomic E-state index is 0.332. The zero-order valence-electron chi connectivity index (χ0n) is 16.3. The van der Waals surface area contributed by atoms with Crippen molar-refractivity contribution in [3.63, 3.8) is 0 Å². The molecule has 0 bridgehead atoms. The van der Waals surface area contributed by atoms with Gasteiger partial charge in [0.25, 0.3) is 0 Å². The van der Waals surface area contributed by atoms with E-state index >= 15 is 0 Å². The Hall–Kier alpha value is -1.83. The Balaban J connectivity index is 2.35. The Morgan fingerprint density at radius 1 is 1.40 bits per heavy atom. The second kappa shape index (κ2) is 9.60. The molecule has 0 aliphatic heterocycles. The summed E-state index contributed by atoms with van der Waals surface area (Å²) in [5.41, 5.74) is 0.627. The Labute approximate surface area is 154 Å². The highest BCUT2D eigenvalue weighted by atomic mass is 32.1. The molecule has 0 fully saturated rings. The number of thiazole rings is 1. The van der Waals surface area contributed by atoms with Gasteiger partial charge >= 0.3 is 6.09 Å². The second-order valence-electron chi connectivity index (χ2n) is 7.08. The van der Waals surface area contributed by atoms with Crippen LogP contribution < -0.4 is 10.6 Å². The molecule has 1 rings (SSSR count). The van der Waals surface area contributed by atoms with E-state index in [0.717, 1.165) is 10.7 Å². The summed E-state index contributed by atoms with van der Waals surface area (Å²) in [5, 5.41) is 9.53. The highest BCUT2D eigenvalue weighted by Crippen LogP contribution is 2.17. The highest BCUT2D eigenvalue weighted by Gasteiger charge is 2.19. The lowest BCUT2D eigenvalue weighted by molar-refractivity contribution is 0.0302. The Bertz CT molecular complexity index is 578. The van der Waals surface area contributed by atoms with Gasteiger partial charge in [-0.3, -0.25) is 4.99 Å². The number of ether oxygens (including phenoxy) is 1. The van der Waals surface area contributed by atoms with Crippen LogP contribution in [0, 0.1) is 0 Å². The van der Waals surface area contributed by atoms with Gasteiger partial charge in [0.2, 0.25) is 0 Å². The lowest BCUT2D eigenvalue weighted by Gasteiger charge is -2.24. The van der Waals surface area contributed by atoms with Crippen LogP contribution in [-0.2, 0) is 11.3 Å². The molecule has 142 valence electrons. The number of aromatic nitrogens is 1. The second-order valence-corrected chi connectivity index (χ2v) is 8.02. The normalized spacial score (nSPS) is 12.2. The van der Waals surface area contributed by atoms with E-state index in [-0.39, 0.29) is 6.09 Å². The van der Waals surface area contributed by atoms with Crippen molar-refractivity contribution in [3.8, 4) is 0 Å². The number of likely N-dealkylation sites (N-methyl/N-ethyl adjacent to an activating group) is 1. The summed E-state index contributed by atoms with van der Waals surface area (Å²) in [5.74, 6) is 1.12. The molecule has 1 heterocycles. The lowest BCUT2D eigenvalue weighted by atomic mass is 10.2. The van der Waals surface area contributed by atoms with E-state index in [1.54, 1.807) is 30.3 Å². The van der Waals surface area contributed by atoms with Crippen molar-refractivity contribution in [2.75, 3.05) is 27.2 Å². The van der Waals surface area contributed by atoms with Gasteiger partial charge in [-0.05, 0) is 26.7 Å². The Morgan fingerprint density at radius 2 is 2.08 bits per heavy atom. The predicted octanol–water partition coefficient (Wildman–Crippen LogP) is 2.80. The summed E-state index contributed by atoms with van der Waals surface area (Å²) in [6.45, 7) is 11.5. The van der Waals surface area contributed by atoms with Crippen molar-refractivity contribution in [1.82, 2.24) is 20.5 Å². The summed E-state index contributed by atoms with van der Waals surface area (Å²) in [6.07, 6.45) is -0.332. The van der Waals surface area contributed by atoms with Crippen molar-refractivity contribution in [2.24, 2.45) is 4.99 Å². The van der Waals surface area contributed by atoms with Gasteiger partial charge in [-0.1, -0.05) is 13.8 Å². The van der Waals surface area contributed by atoms with Gasteiger partial charge in [0.15, 0.2) is 5.96 Å². The van der Waals surface area contributed by atoms with Gasteiger partial charge in [0.1, 0.15) is 10.6 Å². The van der Waals surface area contributed by atoms with Crippen LogP contribution in [0.4, 0.5) is 4.79 Å². The molecule has 25 heavy (non-hydrogen) atoms. The number of aliphatic imine (C=N–C) groups is 1. The van der Waals surface area contributed by atoms with E-state index in [1.807, 2.05) is 20.8 Å². The third-order valence-electron chi connectivity index (χ3n) is 3.24. The maximum Gasteiger partial charge on any atom is 0.410 e. The van der Waals surface area contributed by atoms with Crippen LogP contribution in [0.2, 0.25) is 0 Å². The zero-order chi connectivity index (χ0) is 19.0. The van der Waals surface area contributed by atoms with E-state index in [9.17, 15) is 4.79 Å². The van der Waals surface area contributed by atoms with Crippen molar-refractivity contribution < 1.29 is 9.53 Å². The topological polar surface area (TPSA) is 78.9 Å². The van der Waals surface area contributed by atoms with E-state index in [2.05, 4.69) is 39.8 Å². The van der Waals surface area contributed by atoms with Gasteiger partial charge in [0.05, 0.1) is 12.2 Å². The molecule has 0 atom stereocenters. The molecule has 0 saturated carbocycles. The van der Waals surface area contributed by atoms with Crippen molar-refractivity contribution in [1.29, 1.82) is 0 Å². The van der Waals surface area contributed by atoms with Crippen LogP contribution in [0.3, 0.4) is 0 Å². The highest BCUT2D eigenvalue weighted by molar-refractivity contribution is 7.09. The number of rotatable bonds is 6. The SMILES string of the molecule is CN=C(NCCN(C)C(=O)OC(C)(C)C)NCc1nc(C(C)C)cs1.